The molecule has 1 saturated heterocycles. The van der Waals surface area contributed by atoms with Gasteiger partial charge in [0.2, 0.25) is 0 Å². The molecular weight excluding hydrogens is 421 g/mol. The first-order chi connectivity index (χ1) is 14.0. The number of anilines is 1. The van der Waals surface area contributed by atoms with Crippen LogP contribution in [0.15, 0.2) is 42.5 Å². The van der Waals surface area contributed by atoms with Gasteiger partial charge in [0.05, 0.1) is 16.3 Å². The van der Waals surface area contributed by atoms with Crippen LogP contribution in [0, 0.1) is 11.8 Å². The number of carbonyl (C=O) groups is 1. The highest BCUT2D eigenvalue weighted by Crippen LogP contribution is 2.30. The number of carbonyl (C=O) groups excluding carboxylic acids is 1. The van der Waals surface area contributed by atoms with Crippen LogP contribution >= 0.6 is 24.0 Å². The first-order valence-electron chi connectivity index (χ1n) is 9.71. The van der Waals surface area contributed by atoms with Crippen molar-refractivity contribution in [3.63, 3.8) is 0 Å². The van der Waals surface area contributed by atoms with Gasteiger partial charge in [0.15, 0.2) is 6.10 Å². The number of hydrogen-bond donors (Lipinski definition) is 2. The lowest BCUT2D eigenvalue weighted by atomic mass is 10.1. The summed E-state index contributed by atoms with van der Waals surface area (Å²) in [6, 6.07) is 13.6. The molecule has 7 heteroatoms. The highest BCUT2D eigenvalue weighted by atomic mass is 35.5. The molecule has 160 valence electrons. The number of nitrogen functional groups attached to an aromatic ring is 1. The minimum absolute atomic E-state index is 0. The lowest BCUT2D eigenvalue weighted by Gasteiger charge is -2.19. The number of nitrogens with one attached hydrogen (secondary N) is 1. The van der Waals surface area contributed by atoms with Gasteiger partial charge in [-0.05, 0) is 31.9 Å². The fourth-order valence-electron chi connectivity index (χ4n) is 3.47. The molecule has 5 nitrogen and oxygen atoms in total. The monoisotopic (exact) mass is 447 g/mol. The van der Waals surface area contributed by atoms with Gasteiger partial charge in [0.25, 0.3) is 5.91 Å². The van der Waals surface area contributed by atoms with Gasteiger partial charge in [-0.2, -0.15) is 0 Å². The zero-order chi connectivity index (χ0) is 20.8. The number of nitrogens with zero attached hydrogens (tertiary/aromatic N) is 1. The molecule has 2 aromatic rings. The number of halogens is 2. The molecule has 0 aliphatic carbocycles. The van der Waals surface area contributed by atoms with E-state index < -0.39 is 0 Å². The van der Waals surface area contributed by atoms with Crippen LogP contribution in [0.5, 0.6) is 5.75 Å². The summed E-state index contributed by atoms with van der Waals surface area (Å²) in [7, 11) is 0. The Balaban J connectivity index is 0.00000320. The number of benzene rings is 2. The van der Waals surface area contributed by atoms with Crippen LogP contribution in [0.3, 0.4) is 0 Å². The lowest BCUT2D eigenvalue weighted by molar-refractivity contribution is 0.0933. The Morgan fingerprint density at radius 2 is 2.10 bits per heavy atom. The highest BCUT2D eigenvalue weighted by molar-refractivity contribution is 6.33. The van der Waals surface area contributed by atoms with Crippen molar-refractivity contribution in [1.82, 2.24) is 10.2 Å². The average Bonchev–Trinajstić information content (AvgIpc) is 3.12. The topological polar surface area (TPSA) is 67.6 Å². The molecule has 1 amide bonds. The van der Waals surface area contributed by atoms with E-state index in [9.17, 15) is 4.79 Å². The van der Waals surface area contributed by atoms with Crippen LogP contribution in [0.4, 0.5) is 5.69 Å². The molecule has 2 aromatic carbocycles. The SMILES string of the molecule is CC#C[C@H](C)Oc1cc(N)c(Cl)cc1C(=O)NC1CCN(Cc2ccccc2)C1.Cl. The molecule has 30 heavy (non-hydrogen) atoms. The Hall–Kier alpha value is -2.39. The predicted molar refractivity (Wildman–Crippen MR) is 124 cm³/mol. The van der Waals surface area contributed by atoms with Crippen molar-refractivity contribution in [2.75, 3.05) is 18.8 Å². The fraction of sp³-hybridized carbons (Fsp3) is 0.348. The summed E-state index contributed by atoms with van der Waals surface area (Å²) < 4.78 is 5.82. The molecule has 3 rings (SSSR count). The average molecular weight is 448 g/mol. The van der Waals surface area contributed by atoms with Gasteiger partial charge in [-0.15, -0.1) is 18.3 Å². The van der Waals surface area contributed by atoms with Gasteiger partial charge in [0.1, 0.15) is 5.75 Å². The first-order valence-corrected chi connectivity index (χ1v) is 10.1. The number of likely N-dealkylation sites (tertiary alicyclic amines) is 1. The molecular formula is C23H27Cl2N3O2. The maximum Gasteiger partial charge on any atom is 0.255 e. The Morgan fingerprint density at radius 3 is 2.80 bits per heavy atom. The standard InChI is InChI=1S/C23H26ClN3O2.ClH/c1-3-7-16(2)29-22-13-21(25)20(24)12-19(22)23(28)26-18-10-11-27(15-18)14-17-8-5-4-6-9-17;/h4-6,8-9,12-13,16,18H,10-11,14-15,25H2,1-2H3,(H,26,28);1H/t16-,18?;/m0./s1. The number of rotatable bonds is 6. The van der Waals surface area contributed by atoms with E-state index in [2.05, 4.69) is 34.2 Å². The Bertz CT molecular complexity index is 925. The molecule has 1 aliphatic heterocycles. The van der Waals surface area contributed by atoms with E-state index in [1.165, 1.54) is 5.56 Å². The van der Waals surface area contributed by atoms with Crippen LogP contribution in [0.2, 0.25) is 5.02 Å². The predicted octanol–water partition coefficient (Wildman–Crippen LogP) is 4.14. The Kier molecular flexibility index (Phi) is 8.86. The van der Waals surface area contributed by atoms with Crippen molar-refractivity contribution < 1.29 is 9.53 Å². The molecule has 0 spiro atoms. The zero-order valence-electron chi connectivity index (χ0n) is 17.2. The number of hydrogen-bond acceptors (Lipinski definition) is 4. The molecule has 2 atom stereocenters. The number of amides is 1. The quantitative estimate of drug-likeness (QED) is 0.515. The molecule has 0 radical (unpaired) electrons. The van der Waals surface area contributed by atoms with Crippen molar-refractivity contribution in [2.45, 2.75) is 39.0 Å². The molecule has 1 heterocycles. The second kappa shape index (κ2) is 11.1. The molecule has 1 aliphatic rings. The minimum Gasteiger partial charge on any atom is -0.477 e. The normalized spacial score (nSPS) is 16.7. The van der Waals surface area contributed by atoms with Crippen LogP contribution in [0.1, 0.15) is 36.2 Å². The molecule has 3 N–H and O–H groups in total. The van der Waals surface area contributed by atoms with Crippen LogP contribution < -0.4 is 15.8 Å². The summed E-state index contributed by atoms with van der Waals surface area (Å²) in [6.45, 7) is 6.18. The lowest BCUT2D eigenvalue weighted by Crippen LogP contribution is -2.37. The van der Waals surface area contributed by atoms with E-state index in [0.717, 1.165) is 26.1 Å². The molecule has 0 bridgehead atoms. The van der Waals surface area contributed by atoms with E-state index in [1.807, 2.05) is 25.1 Å². The summed E-state index contributed by atoms with van der Waals surface area (Å²) in [5.74, 6) is 5.89. The summed E-state index contributed by atoms with van der Waals surface area (Å²) in [6.07, 6.45) is 0.537. The minimum atomic E-state index is -0.361. The van der Waals surface area contributed by atoms with Crippen LogP contribution in [0.25, 0.3) is 0 Å². The molecule has 1 fully saturated rings. The maximum absolute atomic E-state index is 12.9. The number of nitrogens with two attached hydrogens (primary N) is 1. The van der Waals surface area contributed by atoms with Gasteiger partial charge in [-0.3, -0.25) is 9.69 Å². The van der Waals surface area contributed by atoms with E-state index in [-0.39, 0.29) is 30.5 Å². The van der Waals surface area contributed by atoms with Crippen LogP contribution in [-0.4, -0.2) is 36.0 Å². The number of ether oxygens (including phenoxy) is 1. The van der Waals surface area contributed by atoms with E-state index in [1.54, 1.807) is 19.1 Å². The van der Waals surface area contributed by atoms with Gasteiger partial charge in [0, 0.05) is 31.7 Å². The van der Waals surface area contributed by atoms with E-state index >= 15 is 0 Å². The summed E-state index contributed by atoms with van der Waals surface area (Å²) in [5.41, 5.74) is 7.91. The maximum atomic E-state index is 12.9. The van der Waals surface area contributed by atoms with Crippen molar-refractivity contribution in [3.05, 3.63) is 58.6 Å². The van der Waals surface area contributed by atoms with Crippen molar-refractivity contribution in [1.29, 1.82) is 0 Å². The fourth-order valence-corrected chi connectivity index (χ4v) is 3.63. The zero-order valence-corrected chi connectivity index (χ0v) is 18.7. The van der Waals surface area contributed by atoms with Crippen molar-refractivity contribution in [3.8, 4) is 17.6 Å². The van der Waals surface area contributed by atoms with E-state index in [4.69, 9.17) is 22.1 Å². The Labute approximate surface area is 189 Å². The van der Waals surface area contributed by atoms with Gasteiger partial charge in [-0.1, -0.05) is 47.9 Å². The van der Waals surface area contributed by atoms with Crippen LogP contribution in [-0.2, 0) is 6.54 Å². The largest absolute Gasteiger partial charge is 0.477 e. The summed E-state index contributed by atoms with van der Waals surface area (Å²) in [5, 5.41) is 3.43. The van der Waals surface area contributed by atoms with Crippen molar-refractivity contribution in [2.24, 2.45) is 0 Å². The van der Waals surface area contributed by atoms with Crippen molar-refractivity contribution >= 4 is 35.6 Å². The molecule has 0 saturated carbocycles. The van der Waals surface area contributed by atoms with Gasteiger partial charge in [-0.25, -0.2) is 0 Å². The summed E-state index contributed by atoms with van der Waals surface area (Å²) in [4.78, 5) is 15.3. The second-order valence-electron chi connectivity index (χ2n) is 7.20. The second-order valence-corrected chi connectivity index (χ2v) is 7.61. The third-order valence-corrected chi connectivity index (χ3v) is 5.18. The first kappa shape index (κ1) is 23.9. The van der Waals surface area contributed by atoms with Gasteiger partial charge < -0.3 is 15.8 Å². The summed E-state index contributed by atoms with van der Waals surface area (Å²) >= 11 is 6.16. The van der Waals surface area contributed by atoms with E-state index in [0.29, 0.717) is 22.0 Å². The molecule has 1 unspecified atom stereocenters. The highest BCUT2D eigenvalue weighted by Gasteiger charge is 2.26. The van der Waals surface area contributed by atoms with Gasteiger partial charge >= 0.3 is 0 Å². The third-order valence-electron chi connectivity index (χ3n) is 4.85. The smallest absolute Gasteiger partial charge is 0.255 e. The Morgan fingerprint density at radius 1 is 1.37 bits per heavy atom. The third kappa shape index (κ3) is 6.30. The molecule has 0 aromatic heterocycles.